The van der Waals surface area contributed by atoms with E-state index in [1.807, 2.05) is 31.2 Å². The second-order valence-corrected chi connectivity index (χ2v) is 9.59. The highest BCUT2D eigenvalue weighted by molar-refractivity contribution is 7.91. The Balaban J connectivity index is 1.60. The second kappa shape index (κ2) is 7.91. The molecule has 1 unspecified atom stereocenters. The predicted octanol–water partition coefficient (Wildman–Crippen LogP) is 2.85. The summed E-state index contributed by atoms with van der Waals surface area (Å²) in [7, 11) is -3.35. The molecular formula is C23H22N2O4S. The molecule has 0 spiro atoms. The number of nitrogens with zero attached hydrogens (tertiary/aromatic N) is 1. The maximum Gasteiger partial charge on any atom is 0.263 e. The number of hydrogen-bond acceptors (Lipinski definition) is 4. The van der Waals surface area contributed by atoms with Crippen molar-refractivity contribution in [3.63, 3.8) is 0 Å². The van der Waals surface area contributed by atoms with Gasteiger partial charge in [0.25, 0.3) is 11.5 Å². The summed E-state index contributed by atoms with van der Waals surface area (Å²) < 4.78 is 26.1. The molecule has 0 saturated carbocycles. The molecule has 0 aliphatic carbocycles. The first-order chi connectivity index (χ1) is 14.3. The van der Waals surface area contributed by atoms with Crippen molar-refractivity contribution < 1.29 is 13.2 Å². The third kappa shape index (κ3) is 3.93. The van der Waals surface area contributed by atoms with Gasteiger partial charge in [0, 0.05) is 6.20 Å². The van der Waals surface area contributed by atoms with Gasteiger partial charge in [0.2, 0.25) is 0 Å². The third-order valence-corrected chi connectivity index (χ3v) is 7.13. The number of sulfone groups is 1. The van der Waals surface area contributed by atoms with Gasteiger partial charge >= 0.3 is 0 Å². The third-order valence-electron chi connectivity index (χ3n) is 5.31. The largest absolute Gasteiger partial charge is 0.345 e. The van der Waals surface area contributed by atoms with Crippen LogP contribution < -0.4 is 10.9 Å². The maximum absolute atomic E-state index is 12.9. The predicted molar refractivity (Wildman–Crippen MR) is 114 cm³/mol. The fraction of sp³-hybridized carbons (Fsp3) is 0.217. The Labute approximate surface area is 175 Å². The minimum atomic E-state index is -3.35. The number of amides is 1. The lowest BCUT2D eigenvalue weighted by Crippen LogP contribution is -2.37. The molecule has 0 fully saturated rings. The first kappa shape index (κ1) is 20.1. The van der Waals surface area contributed by atoms with E-state index in [0.29, 0.717) is 12.1 Å². The van der Waals surface area contributed by atoms with Crippen LogP contribution in [-0.2, 0) is 16.4 Å². The summed E-state index contributed by atoms with van der Waals surface area (Å²) in [6.45, 7) is 2.35. The first-order valence-electron chi connectivity index (χ1n) is 9.73. The van der Waals surface area contributed by atoms with Gasteiger partial charge in [-0.2, -0.15) is 0 Å². The lowest BCUT2D eigenvalue weighted by molar-refractivity contribution is 0.0932. The minimum absolute atomic E-state index is 0.0380. The molecule has 1 N–H and O–H groups in total. The van der Waals surface area contributed by atoms with Gasteiger partial charge in [0.15, 0.2) is 9.84 Å². The van der Waals surface area contributed by atoms with Crippen LogP contribution >= 0.6 is 0 Å². The van der Waals surface area contributed by atoms with Crippen molar-refractivity contribution in [2.24, 2.45) is 0 Å². The highest BCUT2D eigenvalue weighted by atomic mass is 32.2. The van der Waals surface area contributed by atoms with E-state index in [-0.39, 0.29) is 28.2 Å². The van der Waals surface area contributed by atoms with Crippen molar-refractivity contribution in [1.82, 2.24) is 9.88 Å². The van der Waals surface area contributed by atoms with Crippen LogP contribution in [0.3, 0.4) is 0 Å². The van der Waals surface area contributed by atoms with E-state index in [2.05, 4.69) is 5.32 Å². The Kier molecular flexibility index (Phi) is 5.30. The molecule has 0 bridgehead atoms. The van der Waals surface area contributed by atoms with Crippen LogP contribution in [0.2, 0.25) is 0 Å². The molecule has 4 rings (SSSR count). The van der Waals surface area contributed by atoms with Crippen LogP contribution in [-0.4, -0.2) is 24.6 Å². The average molecular weight is 423 g/mol. The van der Waals surface area contributed by atoms with Crippen LogP contribution in [0, 0.1) is 6.92 Å². The quantitative estimate of drug-likeness (QED) is 0.701. The molecular weight excluding hydrogens is 400 g/mol. The van der Waals surface area contributed by atoms with Gasteiger partial charge in [-0.15, -0.1) is 0 Å². The molecule has 6 nitrogen and oxygen atoms in total. The van der Waals surface area contributed by atoms with Crippen molar-refractivity contribution in [3.8, 4) is 0 Å². The molecule has 2 aromatic carbocycles. The molecule has 0 saturated heterocycles. The molecule has 1 amide bonds. The van der Waals surface area contributed by atoms with Gasteiger partial charge in [0.1, 0.15) is 5.56 Å². The summed E-state index contributed by atoms with van der Waals surface area (Å²) in [6.07, 6.45) is 1.93. The van der Waals surface area contributed by atoms with Crippen LogP contribution in [0.5, 0.6) is 0 Å². The van der Waals surface area contributed by atoms with Gasteiger partial charge in [-0.05, 0) is 42.7 Å². The summed E-state index contributed by atoms with van der Waals surface area (Å²) in [5.74, 6) is -0.542. The first-order valence-corrected chi connectivity index (χ1v) is 11.4. The summed E-state index contributed by atoms with van der Waals surface area (Å²) in [4.78, 5) is 26.0. The van der Waals surface area contributed by atoms with Crippen molar-refractivity contribution in [3.05, 3.63) is 99.5 Å². The molecule has 0 radical (unpaired) electrons. The van der Waals surface area contributed by atoms with E-state index in [1.54, 1.807) is 36.5 Å². The lowest BCUT2D eigenvalue weighted by Gasteiger charge is -2.26. The molecule has 1 aliphatic heterocycles. The summed E-state index contributed by atoms with van der Waals surface area (Å²) >= 11 is 0. The number of pyridine rings is 1. The van der Waals surface area contributed by atoms with Crippen molar-refractivity contribution in [2.45, 2.75) is 30.8 Å². The Morgan fingerprint density at radius 1 is 1.10 bits per heavy atom. The number of nitrogens with one attached hydrogen (secondary N) is 1. The fourth-order valence-corrected chi connectivity index (χ4v) is 5.44. The Hall–Kier alpha value is -3.19. The van der Waals surface area contributed by atoms with E-state index in [9.17, 15) is 18.0 Å². The highest BCUT2D eigenvalue weighted by Gasteiger charge is 2.31. The minimum Gasteiger partial charge on any atom is -0.345 e. The van der Waals surface area contributed by atoms with E-state index in [0.717, 1.165) is 11.1 Å². The topological polar surface area (TPSA) is 85.2 Å². The monoisotopic (exact) mass is 422 g/mol. The van der Waals surface area contributed by atoms with Crippen molar-refractivity contribution in [1.29, 1.82) is 0 Å². The number of fused-ring (bicyclic) bond motifs is 1. The van der Waals surface area contributed by atoms with Gasteiger partial charge in [-0.3, -0.25) is 9.59 Å². The summed E-state index contributed by atoms with van der Waals surface area (Å²) in [5.41, 5.74) is 2.29. The molecule has 2 heterocycles. The maximum atomic E-state index is 12.9. The van der Waals surface area contributed by atoms with Crippen molar-refractivity contribution in [2.75, 3.05) is 5.75 Å². The van der Waals surface area contributed by atoms with Crippen LogP contribution in [0.1, 0.15) is 39.5 Å². The zero-order valence-corrected chi connectivity index (χ0v) is 17.4. The van der Waals surface area contributed by atoms with E-state index in [4.69, 9.17) is 0 Å². The van der Waals surface area contributed by atoms with E-state index >= 15 is 0 Å². The average Bonchev–Trinajstić information content (AvgIpc) is 2.72. The van der Waals surface area contributed by atoms with Crippen LogP contribution in [0.15, 0.2) is 76.6 Å². The van der Waals surface area contributed by atoms with E-state index in [1.165, 1.54) is 10.6 Å². The lowest BCUT2D eigenvalue weighted by atomic mass is 10.0. The van der Waals surface area contributed by atoms with Gasteiger partial charge in [-0.1, -0.05) is 48.0 Å². The zero-order chi connectivity index (χ0) is 21.3. The van der Waals surface area contributed by atoms with Gasteiger partial charge in [0.05, 0.1) is 23.2 Å². The fourth-order valence-electron chi connectivity index (χ4n) is 3.82. The number of aryl methyl sites for hydroxylation is 1. The number of benzene rings is 2. The zero-order valence-electron chi connectivity index (χ0n) is 16.5. The molecule has 154 valence electrons. The standard InChI is InChI=1S/C23H22N2O4S/c1-16-6-4-7-17(14-16)15-25-12-5-9-19(23(25)27)22(26)24-20-11-13-30(28,29)21-10-3-2-8-18(20)21/h2-10,12,14,20H,11,13,15H2,1H3,(H,24,26). The number of aromatic nitrogens is 1. The second-order valence-electron chi connectivity index (χ2n) is 7.52. The smallest absolute Gasteiger partial charge is 0.263 e. The Bertz CT molecular complexity index is 1280. The Morgan fingerprint density at radius 3 is 2.70 bits per heavy atom. The summed E-state index contributed by atoms with van der Waals surface area (Å²) in [5, 5.41) is 2.85. The van der Waals surface area contributed by atoms with Crippen LogP contribution in [0.4, 0.5) is 0 Å². The summed E-state index contributed by atoms with van der Waals surface area (Å²) in [6, 6.07) is 17.2. The molecule has 3 aromatic rings. The van der Waals surface area contributed by atoms with Gasteiger partial charge < -0.3 is 9.88 Å². The highest BCUT2D eigenvalue weighted by Crippen LogP contribution is 2.31. The number of hydrogen-bond donors (Lipinski definition) is 1. The van der Waals surface area contributed by atoms with Gasteiger partial charge in [-0.25, -0.2) is 8.42 Å². The molecule has 1 atom stereocenters. The Morgan fingerprint density at radius 2 is 1.90 bits per heavy atom. The van der Waals surface area contributed by atoms with Crippen molar-refractivity contribution >= 4 is 15.7 Å². The normalized spacial score (nSPS) is 17.2. The number of rotatable bonds is 4. The van der Waals surface area contributed by atoms with Crippen LogP contribution in [0.25, 0.3) is 0 Å². The molecule has 1 aromatic heterocycles. The molecule has 1 aliphatic rings. The number of carbonyl (C=O) groups is 1. The van der Waals surface area contributed by atoms with E-state index < -0.39 is 21.8 Å². The molecule has 30 heavy (non-hydrogen) atoms. The number of carbonyl (C=O) groups excluding carboxylic acids is 1. The SMILES string of the molecule is Cc1cccc(Cn2cccc(C(=O)NC3CCS(=O)(=O)c4ccccc43)c2=O)c1. The molecule has 7 heteroatoms.